The number of halogens is 2. The number of amides is 1. The molecule has 162 valence electrons. The first-order chi connectivity index (χ1) is 15.5. The van der Waals surface area contributed by atoms with Gasteiger partial charge in [0.1, 0.15) is 18.1 Å². The van der Waals surface area contributed by atoms with Gasteiger partial charge in [-0.25, -0.2) is 10.2 Å². The maximum atomic E-state index is 12.2. The van der Waals surface area contributed by atoms with E-state index in [4.69, 9.17) is 32.7 Å². The minimum Gasteiger partial charge on any atom is -0.490 e. The first-order valence-corrected chi connectivity index (χ1v) is 10.2. The van der Waals surface area contributed by atoms with Crippen LogP contribution in [0.15, 0.2) is 84.5 Å². The summed E-state index contributed by atoms with van der Waals surface area (Å²) in [6.45, 7) is 3.97. The van der Waals surface area contributed by atoms with Crippen LogP contribution in [0.4, 0.5) is 0 Å². The summed E-state index contributed by atoms with van der Waals surface area (Å²) in [4.78, 5) is 24.4. The van der Waals surface area contributed by atoms with Crippen molar-refractivity contribution >= 4 is 41.3 Å². The van der Waals surface area contributed by atoms with Gasteiger partial charge in [0.15, 0.2) is 0 Å². The van der Waals surface area contributed by atoms with E-state index in [1.165, 1.54) is 18.3 Å². The molecule has 3 aromatic carbocycles. The molecule has 0 aliphatic rings. The third-order valence-corrected chi connectivity index (χ3v) is 4.65. The summed E-state index contributed by atoms with van der Waals surface area (Å²) in [6, 6.07) is 17.8. The number of rotatable bonds is 8. The number of nitrogens with one attached hydrogen (secondary N) is 1. The van der Waals surface area contributed by atoms with Crippen LogP contribution in [0.3, 0.4) is 0 Å². The summed E-state index contributed by atoms with van der Waals surface area (Å²) >= 11 is 11.9. The normalized spacial score (nSPS) is 10.6. The summed E-state index contributed by atoms with van der Waals surface area (Å²) < 4.78 is 10.7. The van der Waals surface area contributed by atoms with Gasteiger partial charge < -0.3 is 9.47 Å². The quantitative estimate of drug-likeness (QED) is 0.155. The Morgan fingerprint density at radius 2 is 1.66 bits per heavy atom. The lowest BCUT2D eigenvalue weighted by Crippen LogP contribution is -2.17. The van der Waals surface area contributed by atoms with Crippen molar-refractivity contribution < 1.29 is 19.1 Å². The largest absolute Gasteiger partial charge is 0.490 e. The molecule has 0 spiro atoms. The van der Waals surface area contributed by atoms with Crippen molar-refractivity contribution in [3.05, 3.63) is 106 Å². The minimum atomic E-state index is -0.596. The molecule has 3 rings (SSSR count). The number of nitrogens with zero attached hydrogens (tertiary/aromatic N) is 1. The topological polar surface area (TPSA) is 77.0 Å². The fraction of sp³-hybridized carbons (Fsp3) is 0.0417. The highest BCUT2D eigenvalue weighted by Gasteiger charge is 2.13. The zero-order valence-corrected chi connectivity index (χ0v) is 18.3. The van der Waals surface area contributed by atoms with E-state index in [0.717, 1.165) is 0 Å². The van der Waals surface area contributed by atoms with Gasteiger partial charge in [0, 0.05) is 10.6 Å². The van der Waals surface area contributed by atoms with Crippen molar-refractivity contribution in [1.82, 2.24) is 5.43 Å². The van der Waals surface area contributed by atoms with Crippen molar-refractivity contribution in [2.45, 2.75) is 0 Å². The van der Waals surface area contributed by atoms with Crippen LogP contribution in [0.1, 0.15) is 26.3 Å². The Bertz CT molecular complexity index is 1140. The number of hydrogen-bond donors (Lipinski definition) is 1. The van der Waals surface area contributed by atoms with Gasteiger partial charge in [-0.1, -0.05) is 35.9 Å². The maximum absolute atomic E-state index is 12.2. The molecule has 0 radical (unpaired) electrons. The summed E-state index contributed by atoms with van der Waals surface area (Å²) in [5.41, 5.74) is 3.80. The van der Waals surface area contributed by atoms with Gasteiger partial charge in [0.25, 0.3) is 5.91 Å². The van der Waals surface area contributed by atoms with E-state index >= 15 is 0 Å². The number of esters is 1. The lowest BCUT2D eigenvalue weighted by Gasteiger charge is -2.06. The molecule has 0 bridgehead atoms. The van der Waals surface area contributed by atoms with Crippen LogP contribution in [-0.4, -0.2) is 24.7 Å². The van der Waals surface area contributed by atoms with Crippen LogP contribution in [-0.2, 0) is 0 Å². The van der Waals surface area contributed by atoms with Crippen LogP contribution in [0, 0.1) is 0 Å². The minimum absolute atomic E-state index is 0.209. The highest BCUT2D eigenvalue weighted by molar-refractivity contribution is 6.36. The molecular weight excluding hydrogens is 451 g/mol. The highest BCUT2D eigenvalue weighted by atomic mass is 35.5. The van der Waals surface area contributed by atoms with E-state index in [1.807, 2.05) is 0 Å². The zero-order chi connectivity index (χ0) is 22.9. The van der Waals surface area contributed by atoms with Gasteiger partial charge in [0.05, 0.1) is 16.8 Å². The molecule has 32 heavy (non-hydrogen) atoms. The van der Waals surface area contributed by atoms with E-state index in [1.54, 1.807) is 60.7 Å². The molecule has 0 fully saturated rings. The van der Waals surface area contributed by atoms with Gasteiger partial charge in [0.2, 0.25) is 0 Å². The van der Waals surface area contributed by atoms with Gasteiger partial charge in [-0.15, -0.1) is 0 Å². The molecule has 0 aromatic heterocycles. The number of carbonyl (C=O) groups excluding carboxylic acids is 2. The van der Waals surface area contributed by atoms with Crippen molar-refractivity contribution in [1.29, 1.82) is 0 Å². The third kappa shape index (κ3) is 6.44. The molecule has 0 saturated carbocycles. The second-order valence-electron chi connectivity index (χ2n) is 6.41. The molecule has 1 amide bonds. The Balaban J connectivity index is 1.54. The molecule has 6 nitrogen and oxygen atoms in total. The predicted octanol–water partition coefficient (Wildman–Crippen LogP) is 5.54. The van der Waals surface area contributed by atoms with E-state index in [-0.39, 0.29) is 16.5 Å². The van der Waals surface area contributed by atoms with Crippen LogP contribution in [0.25, 0.3) is 0 Å². The number of hydrazone groups is 1. The lowest BCUT2D eigenvalue weighted by molar-refractivity contribution is 0.0734. The van der Waals surface area contributed by atoms with Gasteiger partial charge >= 0.3 is 5.97 Å². The fourth-order valence-electron chi connectivity index (χ4n) is 2.53. The summed E-state index contributed by atoms with van der Waals surface area (Å²) in [6.07, 6.45) is 3.11. The molecule has 0 aliphatic heterocycles. The van der Waals surface area contributed by atoms with E-state index in [0.29, 0.717) is 34.3 Å². The average molecular weight is 469 g/mol. The second-order valence-corrected chi connectivity index (χ2v) is 7.25. The Kier molecular flexibility index (Phi) is 8.02. The molecular formula is C24H18Cl2N2O4. The molecule has 0 saturated heterocycles. The van der Waals surface area contributed by atoms with Gasteiger partial charge in [-0.3, -0.25) is 4.79 Å². The molecule has 8 heteroatoms. The molecule has 0 atom stereocenters. The smallest absolute Gasteiger partial charge is 0.345 e. The van der Waals surface area contributed by atoms with E-state index in [2.05, 4.69) is 17.1 Å². The predicted molar refractivity (Wildman–Crippen MR) is 125 cm³/mol. The third-order valence-electron chi connectivity index (χ3n) is 4.11. The van der Waals surface area contributed by atoms with Crippen molar-refractivity contribution in [3.63, 3.8) is 0 Å². The van der Waals surface area contributed by atoms with Gasteiger partial charge in [-0.2, -0.15) is 5.10 Å². The monoisotopic (exact) mass is 468 g/mol. The molecule has 0 unspecified atom stereocenters. The first-order valence-electron chi connectivity index (χ1n) is 9.41. The second kappa shape index (κ2) is 11.1. The Morgan fingerprint density at radius 3 is 2.31 bits per heavy atom. The van der Waals surface area contributed by atoms with Crippen molar-refractivity contribution in [2.24, 2.45) is 5.10 Å². The Hall–Kier alpha value is -3.61. The first kappa shape index (κ1) is 23.1. The summed E-state index contributed by atoms with van der Waals surface area (Å²) in [5.74, 6) is 0.0215. The number of hydrogen-bond acceptors (Lipinski definition) is 5. The highest BCUT2D eigenvalue weighted by Crippen LogP contribution is 2.23. The van der Waals surface area contributed by atoms with Crippen molar-refractivity contribution in [3.8, 4) is 11.5 Å². The maximum Gasteiger partial charge on any atom is 0.345 e. The van der Waals surface area contributed by atoms with E-state index in [9.17, 15) is 9.59 Å². The SMILES string of the molecule is C=CCOc1ccc(C(=O)N/N=C/c2ccc(OC(=O)c3ccc(Cl)cc3Cl)cc2)cc1. The summed E-state index contributed by atoms with van der Waals surface area (Å²) in [7, 11) is 0. The average Bonchev–Trinajstić information content (AvgIpc) is 2.79. The zero-order valence-electron chi connectivity index (χ0n) is 16.8. The molecule has 1 N–H and O–H groups in total. The Morgan fingerprint density at radius 1 is 0.969 bits per heavy atom. The molecule has 0 aliphatic carbocycles. The van der Waals surface area contributed by atoms with Crippen molar-refractivity contribution in [2.75, 3.05) is 6.61 Å². The van der Waals surface area contributed by atoms with Crippen LogP contribution >= 0.6 is 23.2 Å². The van der Waals surface area contributed by atoms with Crippen LogP contribution in [0.2, 0.25) is 10.0 Å². The van der Waals surface area contributed by atoms with Crippen LogP contribution < -0.4 is 14.9 Å². The van der Waals surface area contributed by atoms with Gasteiger partial charge in [-0.05, 0) is 72.3 Å². The van der Waals surface area contributed by atoms with E-state index < -0.39 is 5.97 Å². The number of benzene rings is 3. The fourth-order valence-corrected chi connectivity index (χ4v) is 3.01. The standard InChI is InChI=1S/C24H18Cl2N2O4/c1-2-13-31-19-10-5-17(6-11-19)23(29)28-27-15-16-3-8-20(9-4-16)32-24(30)21-12-7-18(25)14-22(21)26/h2-12,14-15H,1,13H2,(H,28,29)/b27-15+. The van der Waals surface area contributed by atoms with Crippen LogP contribution in [0.5, 0.6) is 11.5 Å². The summed E-state index contributed by atoms with van der Waals surface area (Å²) in [5, 5.41) is 4.58. The Labute approximate surface area is 195 Å². The lowest BCUT2D eigenvalue weighted by atomic mass is 10.2. The number of ether oxygens (including phenoxy) is 2. The molecule has 0 heterocycles. The number of carbonyl (C=O) groups is 2. The molecule has 3 aromatic rings.